The van der Waals surface area contributed by atoms with E-state index in [1.54, 1.807) is 0 Å². The van der Waals surface area contributed by atoms with Crippen LogP contribution in [0.3, 0.4) is 0 Å². The fourth-order valence-electron chi connectivity index (χ4n) is 5.13. The molecule has 1 aliphatic heterocycles. The van der Waals surface area contributed by atoms with Crippen molar-refractivity contribution in [1.82, 2.24) is 9.62 Å². The Morgan fingerprint density at radius 1 is 0.692 bits per heavy atom. The summed E-state index contributed by atoms with van der Waals surface area (Å²) in [5, 5.41) is 0. The predicted octanol–water partition coefficient (Wildman–Crippen LogP) is 3.89. The van der Waals surface area contributed by atoms with E-state index in [2.05, 4.69) is 95.9 Å². The van der Waals surface area contributed by atoms with Gasteiger partial charge in [0.05, 0.1) is 0 Å². The zero-order valence-electron chi connectivity index (χ0n) is 18.3. The summed E-state index contributed by atoms with van der Waals surface area (Å²) in [6, 6.07) is 11.2. The van der Waals surface area contributed by atoms with Gasteiger partial charge < -0.3 is 9.62 Å². The van der Waals surface area contributed by atoms with Gasteiger partial charge in [-0.1, -0.05) is 96.2 Å². The zero-order valence-corrected chi connectivity index (χ0v) is 18.3. The van der Waals surface area contributed by atoms with E-state index in [-0.39, 0.29) is 0 Å². The first kappa shape index (κ1) is 21.3. The van der Waals surface area contributed by atoms with Crippen LogP contribution in [-0.4, -0.2) is 47.5 Å². The fraction of sp³-hybridized carbons (Fsp3) is 0.636. The third kappa shape index (κ3) is 4.46. The van der Waals surface area contributed by atoms with Crippen LogP contribution in [0.25, 0.3) is 0 Å². The summed E-state index contributed by atoms with van der Waals surface area (Å²) in [6.45, 7) is 23.9. The second-order valence-corrected chi connectivity index (χ2v) is 9.09. The summed E-state index contributed by atoms with van der Waals surface area (Å²) in [5.41, 5.74) is 4.39. The third-order valence-electron chi connectivity index (χ3n) is 5.78. The van der Waals surface area contributed by atoms with Crippen LogP contribution in [0.2, 0.25) is 12.6 Å². The van der Waals surface area contributed by atoms with E-state index in [1.807, 2.05) is 0 Å². The molecule has 0 N–H and O–H groups in total. The molecule has 1 aromatic rings. The number of allylic oxidation sites excluding steroid dienone is 1. The molecule has 142 valence electrons. The average molecular weight is 352 g/mol. The highest BCUT2D eigenvalue weighted by Crippen LogP contribution is 2.24. The lowest BCUT2D eigenvalue weighted by atomic mass is 9.44. The molecule has 0 radical (unpaired) electrons. The Labute approximate surface area is 163 Å². The second-order valence-electron chi connectivity index (χ2n) is 9.09. The number of fused-ring (bicyclic) bond motifs is 1. The Balaban J connectivity index is 2.59. The molecule has 2 nitrogen and oxygen atoms in total. The summed E-state index contributed by atoms with van der Waals surface area (Å²) in [5.74, 6) is 0. The van der Waals surface area contributed by atoms with Crippen LogP contribution in [0, 0.1) is 0 Å². The lowest BCUT2D eigenvalue weighted by molar-refractivity contribution is 0.306. The first-order valence-electron chi connectivity index (χ1n) is 10.4. The summed E-state index contributed by atoms with van der Waals surface area (Å²) in [6.07, 6.45) is 2.13. The lowest BCUT2D eigenvalue weighted by Gasteiger charge is -2.38. The molecule has 0 spiro atoms. The number of hydrogen-bond acceptors (Lipinski definition) is 2. The Morgan fingerprint density at radius 2 is 1.00 bits per heavy atom. The van der Waals surface area contributed by atoms with E-state index in [1.165, 1.54) is 16.5 Å². The summed E-state index contributed by atoms with van der Waals surface area (Å²) < 4.78 is 0. The minimum Gasteiger partial charge on any atom is -0.333 e. The van der Waals surface area contributed by atoms with E-state index < -0.39 is 0 Å². The minimum atomic E-state index is 0.421. The molecule has 0 fully saturated rings. The molecule has 26 heavy (non-hydrogen) atoms. The van der Waals surface area contributed by atoms with Gasteiger partial charge in [0.2, 0.25) is 0 Å². The summed E-state index contributed by atoms with van der Waals surface area (Å²) in [4.78, 5) is 5.34. The third-order valence-corrected chi connectivity index (χ3v) is 5.78. The first-order chi connectivity index (χ1) is 12.1. The van der Waals surface area contributed by atoms with Crippen molar-refractivity contribution in [3.8, 4) is 0 Å². The number of rotatable bonds is 6. The van der Waals surface area contributed by atoms with Crippen LogP contribution in [0.5, 0.6) is 0 Å². The summed E-state index contributed by atoms with van der Waals surface area (Å²) >= 11 is 0. The fourth-order valence-corrected chi connectivity index (χ4v) is 5.13. The van der Waals surface area contributed by atoms with Gasteiger partial charge in [-0.05, 0) is 36.8 Å². The Hall–Kier alpha value is -0.990. The van der Waals surface area contributed by atoms with Gasteiger partial charge in [0.15, 0.2) is 0 Å². The largest absolute Gasteiger partial charge is 0.333 e. The van der Waals surface area contributed by atoms with E-state index in [9.17, 15) is 0 Å². The van der Waals surface area contributed by atoms with Crippen LogP contribution in [0.4, 0.5) is 0 Å². The van der Waals surface area contributed by atoms with Crippen molar-refractivity contribution in [2.45, 2.75) is 92.2 Å². The standard InChI is InChI=1S/C22H38B2N2/c1-16(2)25(17(3)4)23-14-20(9)15-24(26(18(5)6)19(7)8)22-13-11-10-12-21(22)23/h10-13,16-19H,9,14-15H2,1-8H3. The number of nitrogens with zero attached hydrogens (tertiary/aromatic N) is 2. The molecule has 0 aromatic heterocycles. The monoisotopic (exact) mass is 352 g/mol. The van der Waals surface area contributed by atoms with Crippen molar-refractivity contribution in [3.63, 3.8) is 0 Å². The molecule has 0 atom stereocenters. The van der Waals surface area contributed by atoms with Crippen LogP contribution in [0.15, 0.2) is 36.4 Å². The van der Waals surface area contributed by atoms with Gasteiger partial charge in [0.25, 0.3) is 13.7 Å². The normalized spacial score (nSPS) is 15.8. The van der Waals surface area contributed by atoms with Crippen LogP contribution >= 0.6 is 0 Å². The van der Waals surface area contributed by atoms with Crippen LogP contribution in [0.1, 0.15) is 55.4 Å². The van der Waals surface area contributed by atoms with Crippen LogP contribution < -0.4 is 10.9 Å². The van der Waals surface area contributed by atoms with Crippen molar-refractivity contribution in [3.05, 3.63) is 36.4 Å². The Bertz CT molecular complexity index is 543. The molecular formula is C22H38B2N2. The molecule has 0 bridgehead atoms. The smallest absolute Gasteiger partial charge is 0.261 e. The highest BCUT2D eigenvalue weighted by atomic mass is 15.1. The van der Waals surface area contributed by atoms with Gasteiger partial charge in [0.1, 0.15) is 0 Å². The van der Waals surface area contributed by atoms with Crippen LogP contribution in [-0.2, 0) is 0 Å². The van der Waals surface area contributed by atoms with E-state index >= 15 is 0 Å². The SMILES string of the molecule is C=C1CB(N(C(C)C)C(C)C)c2ccccc2B(N(C(C)C)C(C)C)C1. The molecule has 0 amide bonds. The van der Waals surface area contributed by atoms with Gasteiger partial charge in [-0.25, -0.2) is 0 Å². The Morgan fingerprint density at radius 3 is 1.27 bits per heavy atom. The number of hydrogen-bond donors (Lipinski definition) is 0. The first-order valence-corrected chi connectivity index (χ1v) is 10.4. The zero-order chi connectivity index (χ0) is 19.6. The molecule has 0 aliphatic carbocycles. The molecule has 4 heteroatoms. The molecular weight excluding hydrogens is 314 g/mol. The average Bonchev–Trinajstić information content (AvgIpc) is 2.64. The lowest BCUT2D eigenvalue weighted by Crippen LogP contribution is -2.62. The van der Waals surface area contributed by atoms with Gasteiger partial charge in [0, 0.05) is 0 Å². The van der Waals surface area contributed by atoms with Crippen molar-refractivity contribution in [2.24, 2.45) is 0 Å². The number of benzene rings is 1. The Kier molecular flexibility index (Phi) is 7.21. The predicted molar refractivity (Wildman–Crippen MR) is 120 cm³/mol. The van der Waals surface area contributed by atoms with E-state index in [0.29, 0.717) is 37.9 Å². The molecule has 0 saturated carbocycles. The minimum absolute atomic E-state index is 0.421. The second kappa shape index (κ2) is 8.80. The molecule has 0 saturated heterocycles. The van der Waals surface area contributed by atoms with Crippen molar-refractivity contribution < 1.29 is 0 Å². The topological polar surface area (TPSA) is 6.48 Å². The summed E-state index contributed by atoms with van der Waals surface area (Å²) in [7, 11) is 0. The highest BCUT2D eigenvalue weighted by molar-refractivity contribution is 6.84. The van der Waals surface area contributed by atoms with Gasteiger partial charge >= 0.3 is 0 Å². The van der Waals surface area contributed by atoms with Gasteiger partial charge in [-0.2, -0.15) is 0 Å². The molecule has 1 aromatic carbocycles. The van der Waals surface area contributed by atoms with E-state index in [4.69, 9.17) is 0 Å². The quantitative estimate of drug-likeness (QED) is 0.566. The molecule has 2 rings (SSSR count). The van der Waals surface area contributed by atoms with Gasteiger partial charge in [-0.3, -0.25) is 0 Å². The molecule has 1 aliphatic rings. The highest BCUT2D eigenvalue weighted by Gasteiger charge is 2.40. The maximum Gasteiger partial charge on any atom is 0.261 e. The van der Waals surface area contributed by atoms with Crippen molar-refractivity contribution in [1.29, 1.82) is 0 Å². The molecule has 0 unspecified atom stereocenters. The molecule has 1 heterocycles. The van der Waals surface area contributed by atoms with Crippen molar-refractivity contribution >= 4 is 24.6 Å². The van der Waals surface area contributed by atoms with E-state index in [0.717, 1.165) is 12.6 Å². The van der Waals surface area contributed by atoms with Gasteiger partial charge in [-0.15, -0.1) is 6.58 Å². The maximum atomic E-state index is 4.51. The maximum absolute atomic E-state index is 4.51. The van der Waals surface area contributed by atoms with Crippen molar-refractivity contribution in [2.75, 3.05) is 0 Å².